The standard InChI is InChI=1S/C8H8O3.Pb.2H/c9-7(8(10)11)6-4-2-1-3-5-6;;;/h1-5,7,9H,(H,10,11);;;/t7-;;;/m1.../s1. The Hall–Kier alpha value is -0.428. The number of carboxylic acid groups (broad SMARTS) is 1. The minimum atomic E-state index is -1.41. The van der Waals surface area contributed by atoms with Crippen molar-refractivity contribution in [2.24, 2.45) is 0 Å². The Labute approximate surface area is 90.2 Å². The Bertz CT molecular complexity index is 248. The van der Waals surface area contributed by atoms with E-state index >= 15 is 0 Å². The fourth-order valence-electron chi connectivity index (χ4n) is 0.778. The SMILES string of the molecule is O=C(O)[C@H](O)c1ccccc1.[PbH2]. The number of benzene rings is 1. The summed E-state index contributed by atoms with van der Waals surface area (Å²) in [5.41, 5.74) is 0.403. The number of carbonyl (C=O) groups is 1. The Morgan fingerprint density at radius 2 is 1.75 bits per heavy atom. The van der Waals surface area contributed by atoms with Gasteiger partial charge in [-0.15, -0.1) is 0 Å². The number of aliphatic hydroxyl groups is 1. The molecule has 1 aromatic rings. The van der Waals surface area contributed by atoms with Gasteiger partial charge in [0.2, 0.25) is 0 Å². The first-order valence-electron chi connectivity index (χ1n) is 3.17. The summed E-state index contributed by atoms with van der Waals surface area (Å²) in [5, 5.41) is 17.4. The van der Waals surface area contributed by atoms with Crippen LogP contribution in [0.3, 0.4) is 0 Å². The first kappa shape index (κ1) is 11.6. The molecule has 0 fully saturated rings. The molecular formula is C8H10O3Pb. The van der Waals surface area contributed by atoms with Gasteiger partial charge in [0.25, 0.3) is 0 Å². The zero-order chi connectivity index (χ0) is 8.27. The molecule has 4 heteroatoms. The molecule has 0 saturated carbocycles. The second kappa shape index (κ2) is 5.26. The summed E-state index contributed by atoms with van der Waals surface area (Å²) in [6, 6.07) is 8.26. The van der Waals surface area contributed by atoms with E-state index in [0.717, 1.165) is 0 Å². The minimum absolute atomic E-state index is 0. The van der Waals surface area contributed by atoms with Crippen molar-refractivity contribution in [1.29, 1.82) is 0 Å². The average molecular weight is 361 g/mol. The van der Waals surface area contributed by atoms with Crippen LogP contribution < -0.4 is 0 Å². The zero-order valence-electron chi connectivity index (χ0n) is 6.47. The second-order valence-corrected chi connectivity index (χ2v) is 2.15. The molecule has 0 aliphatic carbocycles. The van der Waals surface area contributed by atoms with E-state index in [1.807, 2.05) is 0 Å². The molecule has 0 aliphatic heterocycles. The van der Waals surface area contributed by atoms with E-state index < -0.39 is 12.1 Å². The van der Waals surface area contributed by atoms with Crippen LogP contribution in [0.5, 0.6) is 0 Å². The van der Waals surface area contributed by atoms with Crippen LogP contribution >= 0.6 is 0 Å². The van der Waals surface area contributed by atoms with Gasteiger partial charge in [-0.1, -0.05) is 30.3 Å². The topological polar surface area (TPSA) is 57.5 Å². The summed E-state index contributed by atoms with van der Waals surface area (Å²) in [6.45, 7) is 0. The summed E-state index contributed by atoms with van der Waals surface area (Å²) in [7, 11) is 0. The molecule has 3 nitrogen and oxygen atoms in total. The fraction of sp³-hybridized carbons (Fsp3) is 0.125. The van der Waals surface area contributed by atoms with Crippen LogP contribution in [0.4, 0.5) is 0 Å². The molecule has 0 bridgehead atoms. The molecule has 0 unspecified atom stereocenters. The van der Waals surface area contributed by atoms with E-state index in [9.17, 15) is 4.79 Å². The molecule has 0 amide bonds. The molecule has 64 valence electrons. The van der Waals surface area contributed by atoms with E-state index in [1.165, 1.54) is 0 Å². The molecule has 0 aromatic heterocycles. The number of aliphatic carboxylic acids is 1. The number of rotatable bonds is 2. The van der Waals surface area contributed by atoms with Crippen LogP contribution in [0.25, 0.3) is 0 Å². The fourth-order valence-corrected chi connectivity index (χ4v) is 0.778. The van der Waals surface area contributed by atoms with E-state index in [2.05, 4.69) is 0 Å². The van der Waals surface area contributed by atoms with E-state index in [0.29, 0.717) is 5.56 Å². The Morgan fingerprint density at radius 1 is 1.25 bits per heavy atom. The number of hydrogen-bond donors (Lipinski definition) is 2. The van der Waals surface area contributed by atoms with Crippen LogP contribution in [0.15, 0.2) is 30.3 Å². The molecule has 2 N–H and O–H groups in total. The summed E-state index contributed by atoms with van der Waals surface area (Å²) in [5.74, 6) is -1.23. The molecule has 1 aromatic carbocycles. The second-order valence-electron chi connectivity index (χ2n) is 2.15. The van der Waals surface area contributed by atoms with E-state index in [1.54, 1.807) is 30.3 Å². The van der Waals surface area contributed by atoms with Crippen molar-refractivity contribution in [2.45, 2.75) is 6.10 Å². The first-order chi connectivity index (χ1) is 5.22. The third kappa shape index (κ3) is 2.90. The molecule has 0 saturated heterocycles. The van der Waals surface area contributed by atoms with Crippen molar-refractivity contribution in [3.8, 4) is 0 Å². The van der Waals surface area contributed by atoms with E-state index in [4.69, 9.17) is 10.2 Å². The van der Waals surface area contributed by atoms with Crippen LogP contribution in [-0.2, 0) is 4.79 Å². The predicted octanol–water partition coefficient (Wildman–Crippen LogP) is -0.112. The van der Waals surface area contributed by atoms with Gasteiger partial charge in [0, 0.05) is 0 Å². The third-order valence-electron chi connectivity index (χ3n) is 1.35. The van der Waals surface area contributed by atoms with Crippen molar-refractivity contribution < 1.29 is 15.0 Å². The third-order valence-corrected chi connectivity index (χ3v) is 1.35. The molecule has 1 atom stereocenters. The molecule has 0 aliphatic rings. The van der Waals surface area contributed by atoms with Crippen LogP contribution in [0.2, 0.25) is 0 Å². The Kier molecular flexibility index (Phi) is 5.07. The van der Waals surface area contributed by atoms with Gasteiger partial charge < -0.3 is 10.2 Å². The Balaban J connectivity index is 0.00000121. The summed E-state index contributed by atoms with van der Waals surface area (Å²) < 4.78 is 0. The van der Waals surface area contributed by atoms with Gasteiger partial charge in [-0.2, -0.15) is 0 Å². The quantitative estimate of drug-likeness (QED) is 0.723. The van der Waals surface area contributed by atoms with Gasteiger partial charge in [0.15, 0.2) is 6.10 Å². The average Bonchev–Trinajstić information content (AvgIpc) is 2.05. The van der Waals surface area contributed by atoms with E-state index in [-0.39, 0.29) is 27.3 Å². The molecule has 0 heterocycles. The van der Waals surface area contributed by atoms with Crippen molar-refractivity contribution in [3.05, 3.63) is 35.9 Å². The number of aliphatic hydroxyl groups excluding tert-OH is 1. The first-order valence-corrected chi connectivity index (χ1v) is 3.17. The maximum absolute atomic E-state index is 10.2. The number of hydrogen-bond acceptors (Lipinski definition) is 2. The molecular weight excluding hydrogens is 351 g/mol. The van der Waals surface area contributed by atoms with Crippen LogP contribution in [0.1, 0.15) is 11.7 Å². The summed E-state index contributed by atoms with van der Waals surface area (Å²) in [4.78, 5) is 10.2. The van der Waals surface area contributed by atoms with Gasteiger partial charge in [-0.25, -0.2) is 4.79 Å². The molecule has 0 spiro atoms. The van der Waals surface area contributed by atoms with Gasteiger partial charge in [-0.3, -0.25) is 0 Å². The van der Waals surface area contributed by atoms with Gasteiger partial charge in [0.1, 0.15) is 0 Å². The Morgan fingerprint density at radius 3 is 2.17 bits per heavy atom. The van der Waals surface area contributed by atoms with Crippen LogP contribution in [-0.4, -0.2) is 43.5 Å². The predicted molar refractivity (Wildman–Crippen MR) is 47.6 cm³/mol. The van der Waals surface area contributed by atoms with Gasteiger partial charge >= 0.3 is 33.3 Å². The molecule has 2 radical (unpaired) electrons. The van der Waals surface area contributed by atoms with Crippen LogP contribution in [0, 0.1) is 0 Å². The zero-order valence-corrected chi connectivity index (χ0v) is 12.0. The van der Waals surface area contributed by atoms with Crippen molar-refractivity contribution in [2.75, 3.05) is 0 Å². The number of carboxylic acids is 1. The van der Waals surface area contributed by atoms with Gasteiger partial charge in [-0.05, 0) is 5.56 Å². The van der Waals surface area contributed by atoms with Crippen molar-refractivity contribution in [3.63, 3.8) is 0 Å². The maximum atomic E-state index is 10.2. The summed E-state index contributed by atoms with van der Waals surface area (Å²) >= 11 is 0. The monoisotopic (exact) mass is 362 g/mol. The molecule has 1 rings (SSSR count). The molecule has 12 heavy (non-hydrogen) atoms. The van der Waals surface area contributed by atoms with Gasteiger partial charge in [0.05, 0.1) is 0 Å². The summed E-state index contributed by atoms with van der Waals surface area (Å²) in [6.07, 6.45) is -1.41. The van der Waals surface area contributed by atoms with Crippen molar-refractivity contribution >= 4 is 33.3 Å². The van der Waals surface area contributed by atoms with Crippen molar-refractivity contribution in [1.82, 2.24) is 0 Å². The normalized spacial score (nSPS) is 11.4.